The van der Waals surface area contributed by atoms with Crippen molar-refractivity contribution in [2.24, 2.45) is 5.41 Å². The number of unbranched alkanes of at least 4 members (excludes halogenated alkanes) is 2. The van der Waals surface area contributed by atoms with Crippen molar-refractivity contribution in [3.63, 3.8) is 0 Å². The molecule has 0 fully saturated rings. The summed E-state index contributed by atoms with van der Waals surface area (Å²) in [5.41, 5.74) is 0.0822. The molecule has 17 heavy (non-hydrogen) atoms. The van der Waals surface area contributed by atoms with E-state index in [1.807, 2.05) is 0 Å². The van der Waals surface area contributed by atoms with Gasteiger partial charge >= 0.3 is 12.0 Å². The van der Waals surface area contributed by atoms with E-state index in [1.54, 1.807) is 0 Å². The zero-order valence-corrected chi connectivity index (χ0v) is 11.0. The van der Waals surface area contributed by atoms with Gasteiger partial charge in [-0.15, -0.1) is 0 Å². The van der Waals surface area contributed by atoms with Crippen LogP contribution in [0.4, 0.5) is 4.79 Å². The van der Waals surface area contributed by atoms with E-state index in [-0.39, 0.29) is 17.9 Å². The third kappa shape index (κ3) is 12.7. The largest absolute Gasteiger partial charge is 0.481 e. The van der Waals surface area contributed by atoms with E-state index >= 15 is 0 Å². The number of nitrogens with one attached hydrogen (secondary N) is 2. The summed E-state index contributed by atoms with van der Waals surface area (Å²) in [4.78, 5) is 21.6. The van der Waals surface area contributed by atoms with Crippen LogP contribution in [0.1, 0.15) is 46.5 Å². The van der Waals surface area contributed by atoms with Crippen LogP contribution in [-0.4, -0.2) is 30.2 Å². The first-order valence-electron chi connectivity index (χ1n) is 6.05. The highest BCUT2D eigenvalue weighted by molar-refractivity contribution is 5.73. The van der Waals surface area contributed by atoms with Crippen molar-refractivity contribution in [3.05, 3.63) is 0 Å². The van der Waals surface area contributed by atoms with Gasteiger partial charge < -0.3 is 15.7 Å². The van der Waals surface area contributed by atoms with Gasteiger partial charge in [0, 0.05) is 19.5 Å². The van der Waals surface area contributed by atoms with E-state index in [0.717, 1.165) is 12.8 Å². The van der Waals surface area contributed by atoms with Crippen molar-refractivity contribution < 1.29 is 14.7 Å². The number of hydrogen-bond donors (Lipinski definition) is 3. The first-order valence-corrected chi connectivity index (χ1v) is 6.05. The summed E-state index contributed by atoms with van der Waals surface area (Å²) in [5, 5.41) is 14.0. The van der Waals surface area contributed by atoms with Gasteiger partial charge in [-0.05, 0) is 18.3 Å². The van der Waals surface area contributed by atoms with Gasteiger partial charge in [-0.1, -0.05) is 27.2 Å². The highest BCUT2D eigenvalue weighted by Gasteiger charge is 2.11. The number of urea groups is 1. The number of amides is 2. The van der Waals surface area contributed by atoms with Crippen LogP contribution >= 0.6 is 0 Å². The Morgan fingerprint density at radius 3 is 2.24 bits per heavy atom. The van der Waals surface area contributed by atoms with Gasteiger partial charge in [0.25, 0.3) is 0 Å². The van der Waals surface area contributed by atoms with Crippen molar-refractivity contribution in [2.75, 3.05) is 13.1 Å². The number of carboxylic acid groups (broad SMARTS) is 1. The molecule has 5 nitrogen and oxygen atoms in total. The number of carboxylic acids is 1. The average Bonchev–Trinajstić information content (AvgIpc) is 2.19. The van der Waals surface area contributed by atoms with E-state index in [9.17, 15) is 9.59 Å². The molecule has 100 valence electrons. The molecular weight excluding hydrogens is 220 g/mol. The Kier molecular flexibility index (Phi) is 7.34. The van der Waals surface area contributed by atoms with Crippen LogP contribution in [0.15, 0.2) is 0 Å². The maximum absolute atomic E-state index is 11.3. The van der Waals surface area contributed by atoms with Crippen LogP contribution in [0.2, 0.25) is 0 Å². The molecule has 0 atom stereocenters. The van der Waals surface area contributed by atoms with Gasteiger partial charge in [0.05, 0.1) is 0 Å². The van der Waals surface area contributed by atoms with E-state index in [0.29, 0.717) is 19.5 Å². The highest BCUT2D eigenvalue weighted by atomic mass is 16.4. The van der Waals surface area contributed by atoms with E-state index < -0.39 is 5.97 Å². The lowest BCUT2D eigenvalue weighted by Gasteiger charge is -2.18. The second-order valence-electron chi connectivity index (χ2n) is 5.37. The van der Waals surface area contributed by atoms with Crippen LogP contribution < -0.4 is 10.6 Å². The molecule has 0 heterocycles. The van der Waals surface area contributed by atoms with Crippen LogP contribution in [-0.2, 0) is 4.79 Å². The fraction of sp³-hybridized carbons (Fsp3) is 0.833. The number of hydrogen-bond acceptors (Lipinski definition) is 2. The average molecular weight is 244 g/mol. The maximum Gasteiger partial charge on any atom is 0.314 e. The minimum atomic E-state index is -0.763. The monoisotopic (exact) mass is 244 g/mol. The molecule has 0 aliphatic rings. The molecule has 0 aromatic rings. The van der Waals surface area contributed by atoms with Gasteiger partial charge in [-0.2, -0.15) is 0 Å². The molecule has 5 heteroatoms. The molecule has 3 N–H and O–H groups in total. The van der Waals surface area contributed by atoms with Crippen molar-refractivity contribution in [3.8, 4) is 0 Å². The number of aliphatic carboxylic acids is 1. The molecule has 0 aromatic heterocycles. The van der Waals surface area contributed by atoms with Crippen molar-refractivity contribution in [1.82, 2.24) is 10.6 Å². The fourth-order valence-electron chi connectivity index (χ4n) is 1.19. The predicted octanol–water partition coefficient (Wildman–Crippen LogP) is 1.98. The zero-order valence-electron chi connectivity index (χ0n) is 11.0. The summed E-state index contributed by atoms with van der Waals surface area (Å²) in [5.74, 6) is -0.763. The third-order valence-corrected chi connectivity index (χ3v) is 2.13. The first kappa shape index (κ1) is 15.7. The second-order valence-corrected chi connectivity index (χ2v) is 5.37. The summed E-state index contributed by atoms with van der Waals surface area (Å²) >= 11 is 0. The SMILES string of the molecule is CC(C)(C)CNC(=O)NCCCCCC(=O)O. The molecule has 0 unspecified atom stereocenters. The predicted molar refractivity (Wildman–Crippen MR) is 67.0 cm³/mol. The Bertz CT molecular complexity index is 247. The normalized spacial score (nSPS) is 11.0. The third-order valence-electron chi connectivity index (χ3n) is 2.13. The summed E-state index contributed by atoms with van der Waals surface area (Å²) in [7, 11) is 0. The molecule has 2 amide bonds. The molecule has 0 saturated carbocycles. The Labute approximate surface area is 103 Å². The standard InChI is InChI=1S/C12H24N2O3/c1-12(2,3)9-14-11(17)13-8-6-4-5-7-10(15)16/h4-9H2,1-3H3,(H,15,16)(H2,13,14,17). The van der Waals surface area contributed by atoms with Gasteiger partial charge in [0.2, 0.25) is 0 Å². The summed E-state index contributed by atoms with van der Waals surface area (Å²) in [6.45, 7) is 7.39. The van der Waals surface area contributed by atoms with E-state index in [1.165, 1.54) is 0 Å². The van der Waals surface area contributed by atoms with Crippen molar-refractivity contribution >= 4 is 12.0 Å². The van der Waals surface area contributed by atoms with Gasteiger partial charge in [0.15, 0.2) is 0 Å². The van der Waals surface area contributed by atoms with E-state index in [4.69, 9.17) is 5.11 Å². The van der Waals surface area contributed by atoms with Crippen LogP contribution in [0.25, 0.3) is 0 Å². The van der Waals surface area contributed by atoms with Gasteiger partial charge in [-0.3, -0.25) is 4.79 Å². The Balaban J connectivity index is 3.37. The molecule has 0 spiro atoms. The van der Waals surface area contributed by atoms with Crippen molar-refractivity contribution in [2.45, 2.75) is 46.5 Å². The maximum atomic E-state index is 11.3. The smallest absolute Gasteiger partial charge is 0.314 e. The molecule has 0 saturated heterocycles. The van der Waals surface area contributed by atoms with Gasteiger partial charge in [0.1, 0.15) is 0 Å². The minimum absolute atomic E-state index is 0.0822. The fourth-order valence-corrected chi connectivity index (χ4v) is 1.19. The molecule has 0 rings (SSSR count). The van der Waals surface area contributed by atoms with Crippen LogP contribution in [0.5, 0.6) is 0 Å². The zero-order chi connectivity index (χ0) is 13.3. The Hall–Kier alpha value is -1.26. The summed E-state index contributed by atoms with van der Waals surface area (Å²) in [6, 6.07) is -0.154. The van der Waals surface area contributed by atoms with Crippen LogP contribution in [0, 0.1) is 5.41 Å². The quantitative estimate of drug-likeness (QED) is 0.599. The van der Waals surface area contributed by atoms with E-state index in [2.05, 4.69) is 31.4 Å². The lowest BCUT2D eigenvalue weighted by atomic mass is 9.97. The Morgan fingerprint density at radius 1 is 1.06 bits per heavy atom. The topological polar surface area (TPSA) is 78.4 Å². The number of carbonyl (C=O) groups is 2. The molecule has 0 aliphatic heterocycles. The number of rotatable bonds is 7. The van der Waals surface area contributed by atoms with Gasteiger partial charge in [-0.25, -0.2) is 4.79 Å². The molecule has 0 aliphatic carbocycles. The lowest BCUT2D eigenvalue weighted by Crippen LogP contribution is -2.40. The minimum Gasteiger partial charge on any atom is -0.481 e. The molecular formula is C12H24N2O3. The summed E-state index contributed by atoms with van der Waals surface area (Å²) < 4.78 is 0. The molecule has 0 aromatic carbocycles. The van der Waals surface area contributed by atoms with Crippen molar-refractivity contribution in [1.29, 1.82) is 0 Å². The second kappa shape index (κ2) is 7.92. The summed E-state index contributed by atoms with van der Waals surface area (Å²) in [6.07, 6.45) is 2.51. The number of carbonyl (C=O) groups excluding carboxylic acids is 1. The highest BCUT2D eigenvalue weighted by Crippen LogP contribution is 2.09. The molecule has 0 bridgehead atoms. The lowest BCUT2D eigenvalue weighted by molar-refractivity contribution is -0.137. The Morgan fingerprint density at radius 2 is 1.71 bits per heavy atom. The first-order chi connectivity index (χ1) is 7.81. The van der Waals surface area contributed by atoms with Crippen LogP contribution in [0.3, 0.4) is 0 Å². The molecule has 0 radical (unpaired) electrons.